The second kappa shape index (κ2) is 11.2. The third kappa shape index (κ3) is 3.91. The smallest absolute Gasteiger partial charge is 0.235 e. The minimum absolute atomic E-state index is 0.157. The fourth-order valence-electron chi connectivity index (χ4n) is 11.5. The maximum absolute atomic E-state index is 6.87. The van der Waals surface area contributed by atoms with E-state index < -0.39 is 0 Å². The van der Waals surface area contributed by atoms with Crippen molar-refractivity contribution in [2.45, 2.75) is 19.3 Å². The molecule has 15 rings (SSSR count). The Labute approximate surface area is 354 Å². The van der Waals surface area contributed by atoms with Crippen molar-refractivity contribution in [1.29, 1.82) is 0 Å². The topological polar surface area (TPSA) is 48.3 Å². The third-order valence-corrected chi connectivity index (χ3v) is 14.2. The van der Waals surface area contributed by atoms with Crippen LogP contribution in [0.1, 0.15) is 25.0 Å². The first-order chi connectivity index (χ1) is 30.5. The molecular weight excluding hydrogens is 757 g/mol. The van der Waals surface area contributed by atoms with Gasteiger partial charge >= 0.3 is 0 Å². The minimum Gasteiger partial charge on any atom is -0.456 e. The molecule has 288 valence electrons. The molecule has 9 aromatic carbocycles. The molecule has 0 unspecified atom stereocenters. The summed E-state index contributed by atoms with van der Waals surface area (Å²) in [6, 6.07) is 61.8. The largest absolute Gasteiger partial charge is 0.456 e. The lowest BCUT2D eigenvalue weighted by Gasteiger charge is -2.22. The first-order valence-electron chi connectivity index (χ1n) is 21.4. The van der Waals surface area contributed by atoms with Crippen molar-refractivity contribution >= 4 is 104 Å². The Bertz CT molecular complexity index is 4310. The highest BCUT2D eigenvalue weighted by atomic mass is 16.3. The van der Waals surface area contributed by atoms with Crippen LogP contribution in [-0.2, 0) is 5.41 Å². The Morgan fingerprint density at radius 3 is 2.08 bits per heavy atom. The number of benzene rings is 9. The Hall–Kier alpha value is -8.02. The van der Waals surface area contributed by atoms with Gasteiger partial charge in [-0.25, -0.2) is 9.97 Å². The number of fused-ring (bicyclic) bond motifs is 15. The quantitative estimate of drug-likeness (QED) is 0.164. The first kappa shape index (κ1) is 32.8. The summed E-state index contributed by atoms with van der Waals surface area (Å²) in [6.07, 6.45) is 0. The molecule has 0 spiro atoms. The van der Waals surface area contributed by atoms with Gasteiger partial charge in [-0.2, -0.15) is 0 Å². The molecule has 5 heteroatoms. The van der Waals surface area contributed by atoms with Crippen molar-refractivity contribution in [2.24, 2.45) is 0 Å². The Morgan fingerprint density at radius 2 is 1.16 bits per heavy atom. The SMILES string of the molecule is CC1(C)c2ccccc2-c2ccc(-c3nc(-n4c5cccc6c7cccc8c9ccccc9n(c78)c7c8c(cc4c7c65)oc4ccccc48)nc4c3ccc3ccccc34)cc21. The van der Waals surface area contributed by atoms with Crippen molar-refractivity contribution in [1.82, 2.24) is 18.9 Å². The van der Waals surface area contributed by atoms with Crippen LogP contribution < -0.4 is 0 Å². The average molecular weight is 791 g/mol. The van der Waals surface area contributed by atoms with E-state index in [4.69, 9.17) is 14.4 Å². The third-order valence-electron chi connectivity index (χ3n) is 14.2. The summed E-state index contributed by atoms with van der Waals surface area (Å²) in [4.78, 5) is 11.3. The zero-order chi connectivity index (χ0) is 40.6. The van der Waals surface area contributed by atoms with Crippen LogP contribution in [-0.4, -0.2) is 18.9 Å². The molecule has 0 amide bonds. The second-order valence-electron chi connectivity index (χ2n) is 17.7. The summed E-state index contributed by atoms with van der Waals surface area (Å²) in [6.45, 7) is 4.68. The molecule has 0 bridgehead atoms. The zero-order valence-corrected chi connectivity index (χ0v) is 33.9. The van der Waals surface area contributed by atoms with E-state index in [1.807, 2.05) is 0 Å². The number of para-hydroxylation sites is 3. The first-order valence-corrected chi connectivity index (χ1v) is 21.4. The van der Waals surface area contributed by atoms with E-state index in [1.165, 1.54) is 60.2 Å². The van der Waals surface area contributed by atoms with Crippen LogP contribution >= 0.6 is 0 Å². The predicted octanol–water partition coefficient (Wildman–Crippen LogP) is 14.9. The van der Waals surface area contributed by atoms with E-state index in [0.717, 1.165) is 76.8 Å². The molecule has 5 nitrogen and oxygen atoms in total. The zero-order valence-electron chi connectivity index (χ0n) is 33.9. The molecule has 0 fully saturated rings. The average Bonchev–Trinajstić information content (AvgIpc) is 4.00. The molecule has 1 aliphatic rings. The van der Waals surface area contributed by atoms with Crippen LogP contribution in [0.3, 0.4) is 0 Å². The van der Waals surface area contributed by atoms with Gasteiger partial charge in [0.25, 0.3) is 0 Å². The number of furan rings is 1. The van der Waals surface area contributed by atoms with Crippen molar-refractivity contribution < 1.29 is 4.42 Å². The van der Waals surface area contributed by atoms with Gasteiger partial charge in [-0.05, 0) is 63.4 Å². The number of hydrogen-bond donors (Lipinski definition) is 0. The highest BCUT2D eigenvalue weighted by Gasteiger charge is 2.36. The summed E-state index contributed by atoms with van der Waals surface area (Å²) < 4.78 is 11.7. The lowest BCUT2D eigenvalue weighted by atomic mass is 9.82. The fourth-order valence-corrected chi connectivity index (χ4v) is 11.5. The highest BCUT2D eigenvalue weighted by Crippen LogP contribution is 2.51. The lowest BCUT2D eigenvalue weighted by molar-refractivity contribution is 0.660. The maximum atomic E-state index is 6.87. The van der Waals surface area contributed by atoms with Gasteiger partial charge in [0.1, 0.15) is 11.2 Å². The van der Waals surface area contributed by atoms with E-state index in [2.05, 4.69) is 193 Å². The van der Waals surface area contributed by atoms with Crippen LogP contribution in [0.2, 0.25) is 0 Å². The molecule has 0 saturated carbocycles. The molecule has 14 aromatic rings. The van der Waals surface area contributed by atoms with Crippen LogP contribution in [0.5, 0.6) is 0 Å². The van der Waals surface area contributed by atoms with Crippen molar-refractivity contribution in [3.8, 4) is 28.3 Å². The number of hydrogen-bond acceptors (Lipinski definition) is 3. The molecule has 5 aromatic heterocycles. The Kier molecular flexibility index (Phi) is 5.93. The fraction of sp³-hybridized carbons (Fsp3) is 0.0526. The van der Waals surface area contributed by atoms with E-state index in [-0.39, 0.29) is 5.41 Å². The van der Waals surface area contributed by atoms with Gasteiger partial charge in [0, 0.05) is 60.1 Å². The molecule has 0 N–H and O–H groups in total. The predicted molar refractivity (Wildman–Crippen MR) is 256 cm³/mol. The Balaban J connectivity index is 1.15. The molecule has 5 heterocycles. The van der Waals surface area contributed by atoms with Gasteiger partial charge in [0.2, 0.25) is 5.95 Å². The van der Waals surface area contributed by atoms with Gasteiger partial charge in [-0.3, -0.25) is 4.57 Å². The molecule has 62 heavy (non-hydrogen) atoms. The van der Waals surface area contributed by atoms with Gasteiger partial charge in [0.15, 0.2) is 0 Å². The van der Waals surface area contributed by atoms with Crippen LogP contribution in [0.15, 0.2) is 174 Å². The normalized spacial score (nSPS) is 13.8. The van der Waals surface area contributed by atoms with Gasteiger partial charge in [-0.1, -0.05) is 147 Å². The number of nitrogens with zero attached hydrogens (tertiary/aromatic N) is 4. The highest BCUT2D eigenvalue weighted by molar-refractivity contribution is 6.36. The van der Waals surface area contributed by atoms with Crippen LogP contribution in [0.4, 0.5) is 0 Å². The maximum Gasteiger partial charge on any atom is 0.235 e. The Morgan fingerprint density at radius 1 is 0.452 bits per heavy atom. The lowest BCUT2D eigenvalue weighted by Crippen LogP contribution is -2.15. The summed E-state index contributed by atoms with van der Waals surface area (Å²) in [5, 5.41) is 12.7. The van der Waals surface area contributed by atoms with Crippen molar-refractivity contribution in [3.63, 3.8) is 0 Å². The summed E-state index contributed by atoms with van der Waals surface area (Å²) in [7, 11) is 0. The molecule has 0 saturated heterocycles. The molecule has 0 atom stereocenters. The monoisotopic (exact) mass is 790 g/mol. The van der Waals surface area contributed by atoms with Gasteiger partial charge in [-0.15, -0.1) is 0 Å². The summed E-state index contributed by atoms with van der Waals surface area (Å²) >= 11 is 0. The molecule has 1 aliphatic carbocycles. The summed E-state index contributed by atoms with van der Waals surface area (Å²) in [5.74, 6) is 0.627. The van der Waals surface area contributed by atoms with E-state index in [9.17, 15) is 0 Å². The van der Waals surface area contributed by atoms with Crippen molar-refractivity contribution in [2.75, 3.05) is 0 Å². The van der Waals surface area contributed by atoms with E-state index >= 15 is 0 Å². The number of aromatic nitrogens is 4. The van der Waals surface area contributed by atoms with Gasteiger partial charge < -0.3 is 8.82 Å². The summed E-state index contributed by atoms with van der Waals surface area (Å²) in [5.41, 5.74) is 15.3. The minimum atomic E-state index is -0.157. The van der Waals surface area contributed by atoms with Crippen LogP contribution in [0.25, 0.3) is 132 Å². The van der Waals surface area contributed by atoms with E-state index in [0.29, 0.717) is 5.95 Å². The molecule has 0 aliphatic heterocycles. The second-order valence-corrected chi connectivity index (χ2v) is 17.7. The molecular formula is C57H34N4O. The van der Waals surface area contributed by atoms with Crippen LogP contribution in [0, 0.1) is 0 Å². The standard InChI is InChI=1S/C57H34N4O/c1-57(2)42-21-8-5-15-34(42)35-27-26-32(29-43(35)57)52-41-28-25-31-13-3-4-14-33(31)53(41)59-56(58-52)60-45-23-12-18-37-39-20-11-19-38-36-16-6-9-22-44(36)61(54(38)39)55-50-40-17-7-10-24-47(40)62-48(50)30-46(60)51(55)49(37)45/h3-30H,1-2H3. The van der Waals surface area contributed by atoms with E-state index in [1.54, 1.807) is 0 Å². The molecule has 0 radical (unpaired) electrons. The number of rotatable bonds is 2. The van der Waals surface area contributed by atoms with Crippen molar-refractivity contribution in [3.05, 3.63) is 181 Å². The van der Waals surface area contributed by atoms with Gasteiger partial charge in [0.05, 0.1) is 44.2 Å².